The maximum absolute atomic E-state index is 12.0. The molecule has 1 aliphatic heterocycles. The summed E-state index contributed by atoms with van der Waals surface area (Å²) in [6.07, 6.45) is 1.60. The molecule has 7 heteroatoms. The van der Waals surface area contributed by atoms with Crippen molar-refractivity contribution in [2.45, 2.75) is 18.9 Å². The molecule has 0 unspecified atom stereocenters. The van der Waals surface area contributed by atoms with E-state index in [1.165, 1.54) is 0 Å². The number of ether oxygens (including phenoxy) is 1. The van der Waals surface area contributed by atoms with Crippen molar-refractivity contribution in [3.8, 4) is 5.75 Å². The predicted molar refractivity (Wildman–Crippen MR) is 83.8 cm³/mol. The Morgan fingerprint density at radius 3 is 2.64 bits per heavy atom. The van der Waals surface area contributed by atoms with Gasteiger partial charge in [-0.15, -0.1) is 0 Å². The summed E-state index contributed by atoms with van der Waals surface area (Å²) in [6, 6.07) is 7.10. The SMILES string of the molecule is COc1ccccc1NC(=O)NC1CCN(CC(N)=O)CC1. The molecule has 4 N–H and O–H groups in total. The van der Waals surface area contributed by atoms with Crippen LogP contribution >= 0.6 is 0 Å². The minimum absolute atomic E-state index is 0.0961. The number of nitrogens with two attached hydrogens (primary N) is 1. The fourth-order valence-electron chi connectivity index (χ4n) is 2.55. The van der Waals surface area contributed by atoms with Crippen LogP contribution in [0.5, 0.6) is 5.75 Å². The topological polar surface area (TPSA) is 96.7 Å². The zero-order valence-corrected chi connectivity index (χ0v) is 12.7. The molecule has 1 aromatic rings. The predicted octanol–water partition coefficient (Wildman–Crippen LogP) is 0.766. The highest BCUT2D eigenvalue weighted by Gasteiger charge is 2.21. The first-order chi connectivity index (χ1) is 10.6. The number of para-hydroxylation sites is 2. The summed E-state index contributed by atoms with van der Waals surface area (Å²) in [6.45, 7) is 1.78. The van der Waals surface area contributed by atoms with Gasteiger partial charge in [-0.3, -0.25) is 9.69 Å². The van der Waals surface area contributed by atoms with Gasteiger partial charge in [0.1, 0.15) is 5.75 Å². The van der Waals surface area contributed by atoms with E-state index in [2.05, 4.69) is 10.6 Å². The number of benzene rings is 1. The first-order valence-electron chi connectivity index (χ1n) is 7.29. The molecule has 0 spiro atoms. The Hall–Kier alpha value is -2.28. The third-order valence-corrected chi connectivity index (χ3v) is 3.66. The summed E-state index contributed by atoms with van der Waals surface area (Å²) >= 11 is 0. The van der Waals surface area contributed by atoms with Crippen molar-refractivity contribution in [1.29, 1.82) is 0 Å². The van der Waals surface area contributed by atoms with Crippen LogP contribution < -0.4 is 21.1 Å². The van der Waals surface area contributed by atoms with E-state index in [1.54, 1.807) is 19.2 Å². The van der Waals surface area contributed by atoms with Crippen LogP contribution in [0.25, 0.3) is 0 Å². The number of amides is 3. The Bertz CT molecular complexity index is 527. The first-order valence-corrected chi connectivity index (χ1v) is 7.29. The molecule has 120 valence electrons. The molecule has 2 rings (SSSR count). The lowest BCUT2D eigenvalue weighted by molar-refractivity contribution is -0.119. The zero-order valence-electron chi connectivity index (χ0n) is 12.7. The molecule has 1 fully saturated rings. The van der Waals surface area contributed by atoms with Crippen molar-refractivity contribution in [3.05, 3.63) is 24.3 Å². The molecule has 0 bridgehead atoms. The molecule has 22 heavy (non-hydrogen) atoms. The van der Waals surface area contributed by atoms with Gasteiger partial charge in [-0.2, -0.15) is 0 Å². The van der Waals surface area contributed by atoms with Crippen LogP contribution in [0.3, 0.4) is 0 Å². The largest absolute Gasteiger partial charge is 0.495 e. The number of piperidine rings is 1. The second-order valence-corrected chi connectivity index (χ2v) is 5.32. The number of methoxy groups -OCH3 is 1. The molecular formula is C15H22N4O3. The second-order valence-electron chi connectivity index (χ2n) is 5.32. The van der Waals surface area contributed by atoms with Crippen LogP contribution in [-0.4, -0.2) is 49.6 Å². The van der Waals surface area contributed by atoms with Crippen molar-refractivity contribution >= 4 is 17.6 Å². The van der Waals surface area contributed by atoms with E-state index in [-0.39, 0.29) is 24.5 Å². The average Bonchev–Trinajstić information content (AvgIpc) is 2.49. The van der Waals surface area contributed by atoms with Crippen LogP contribution in [0.2, 0.25) is 0 Å². The lowest BCUT2D eigenvalue weighted by Crippen LogP contribution is -2.47. The molecule has 1 saturated heterocycles. The average molecular weight is 306 g/mol. The van der Waals surface area contributed by atoms with Crippen LogP contribution in [0.1, 0.15) is 12.8 Å². The van der Waals surface area contributed by atoms with Gasteiger partial charge < -0.3 is 21.1 Å². The van der Waals surface area contributed by atoms with Gasteiger partial charge in [0.25, 0.3) is 0 Å². The number of primary amides is 1. The lowest BCUT2D eigenvalue weighted by Gasteiger charge is -2.31. The third-order valence-electron chi connectivity index (χ3n) is 3.66. The molecule has 0 aromatic heterocycles. The molecule has 1 aromatic carbocycles. The molecule has 7 nitrogen and oxygen atoms in total. The standard InChI is InChI=1S/C15H22N4O3/c1-22-13-5-3-2-4-12(13)18-15(21)17-11-6-8-19(9-7-11)10-14(16)20/h2-5,11H,6-10H2,1H3,(H2,16,20)(H2,17,18,21). The minimum Gasteiger partial charge on any atom is -0.495 e. The van der Waals surface area contributed by atoms with E-state index in [0.717, 1.165) is 25.9 Å². The number of carbonyl (C=O) groups excluding carboxylic acids is 2. The summed E-state index contributed by atoms with van der Waals surface area (Å²) in [7, 11) is 1.56. The van der Waals surface area contributed by atoms with Crippen LogP contribution in [0.15, 0.2) is 24.3 Å². The Balaban J connectivity index is 1.80. The molecule has 1 heterocycles. The van der Waals surface area contributed by atoms with Gasteiger partial charge in [-0.25, -0.2) is 4.79 Å². The number of nitrogens with zero attached hydrogens (tertiary/aromatic N) is 1. The number of nitrogens with one attached hydrogen (secondary N) is 2. The molecule has 0 saturated carbocycles. The van der Waals surface area contributed by atoms with E-state index in [4.69, 9.17) is 10.5 Å². The number of anilines is 1. The second kappa shape index (κ2) is 7.65. The van der Waals surface area contributed by atoms with Crippen molar-refractivity contribution < 1.29 is 14.3 Å². The molecule has 0 atom stereocenters. The number of hydrogen-bond donors (Lipinski definition) is 3. The van der Waals surface area contributed by atoms with Crippen molar-refractivity contribution in [3.63, 3.8) is 0 Å². The van der Waals surface area contributed by atoms with Gasteiger partial charge in [-0.1, -0.05) is 12.1 Å². The fraction of sp³-hybridized carbons (Fsp3) is 0.467. The maximum atomic E-state index is 12.0. The van der Waals surface area contributed by atoms with Gasteiger partial charge >= 0.3 is 6.03 Å². The van der Waals surface area contributed by atoms with Crippen molar-refractivity contribution in [2.24, 2.45) is 5.73 Å². The molecule has 1 aliphatic rings. The Morgan fingerprint density at radius 2 is 2.00 bits per heavy atom. The molecule has 0 radical (unpaired) electrons. The quantitative estimate of drug-likeness (QED) is 0.748. The lowest BCUT2D eigenvalue weighted by atomic mass is 10.1. The number of likely N-dealkylation sites (tertiary alicyclic amines) is 1. The fourth-order valence-corrected chi connectivity index (χ4v) is 2.55. The number of urea groups is 1. The Kier molecular flexibility index (Phi) is 5.60. The molecular weight excluding hydrogens is 284 g/mol. The summed E-state index contributed by atoms with van der Waals surface area (Å²) in [5.74, 6) is 0.300. The Labute approximate surface area is 129 Å². The normalized spacial score (nSPS) is 16.0. The zero-order chi connectivity index (χ0) is 15.9. The van der Waals surface area contributed by atoms with Crippen molar-refractivity contribution in [1.82, 2.24) is 10.2 Å². The summed E-state index contributed by atoms with van der Waals surface area (Å²) in [5.41, 5.74) is 5.81. The van der Waals surface area contributed by atoms with Gasteiger partial charge in [-0.05, 0) is 25.0 Å². The maximum Gasteiger partial charge on any atom is 0.319 e. The van der Waals surface area contributed by atoms with E-state index < -0.39 is 0 Å². The summed E-state index contributed by atoms with van der Waals surface area (Å²) in [4.78, 5) is 24.9. The van der Waals surface area contributed by atoms with Crippen molar-refractivity contribution in [2.75, 3.05) is 32.1 Å². The van der Waals surface area contributed by atoms with Crippen LogP contribution in [0.4, 0.5) is 10.5 Å². The highest BCUT2D eigenvalue weighted by Crippen LogP contribution is 2.22. The summed E-state index contributed by atoms with van der Waals surface area (Å²) in [5, 5.41) is 5.73. The van der Waals surface area contributed by atoms with Gasteiger partial charge in [0.2, 0.25) is 5.91 Å². The number of carbonyl (C=O) groups is 2. The number of rotatable bonds is 5. The minimum atomic E-state index is -0.319. The number of hydrogen-bond acceptors (Lipinski definition) is 4. The van der Waals surface area contributed by atoms with Crippen LogP contribution in [-0.2, 0) is 4.79 Å². The Morgan fingerprint density at radius 1 is 1.32 bits per heavy atom. The van der Waals surface area contributed by atoms with E-state index in [1.807, 2.05) is 17.0 Å². The van der Waals surface area contributed by atoms with Gasteiger partial charge in [0.15, 0.2) is 0 Å². The highest BCUT2D eigenvalue weighted by atomic mass is 16.5. The first kappa shape index (κ1) is 16.1. The van der Waals surface area contributed by atoms with E-state index >= 15 is 0 Å². The third kappa shape index (κ3) is 4.63. The smallest absolute Gasteiger partial charge is 0.319 e. The highest BCUT2D eigenvalue weighted by molar-refractivity contribution is 5.91. The van der Waals surface area contributed by atoms with E-state index in [9.17, 15) is 9.59 Å². The van der Waals surface area contributed by atoms with Gasteiger partial charge in [0, 0.05) is 19.1 Å². The van der Waals surface area contributed by atoms with E-state index in [0.29, 0.717) is 11.4 Å². The summed E-state index contributed by atoms with van der Waals surface area (Å²) < 4.78 is 5.19. The van der Waals surface area contributed by atoms with Crippen LogP contribution in [0, 0.1) is 0 Å². The van der Waals surface area contributed by atoms with Gasteiger partial charge in [0.05, 0.1) is 19.3 Å². The molecule has 0 aliphatic carbocycles. The monoisotopic (exact) mass is 306 g/mol. The molecule has 3 amide bonds.